The van der Waals surface area contributed by atoms with Crippen LogP contribution in [0.3, 0.4) is 0 Å². The molecule has 1 aliphatic heterocycles. The second-order valence-electron chi connectivity index (χ2n) is 6.95. The van der Waals surface area contributed by atoms with E-state index in [-0.39, 0.29) is 4.88 Å². The van der Waals surface area contributed by atoms with Crippen molar-refractivity contribution < 1.29 is 19.4 Å². The molecule has 0 saturated heterocycles. The van der Waals surface area contributed by atoms with Gasteiger partial charge in [0.1, 0.15) is 21.2 Å². The molecule has 2 amide bonds. The van der Waals surface area contributed by atoms with E-state index in [2.05, 4.69) is 10.3 Å². The highest BCUT2D eigenvalue weighted by molar-refractivity contribution is 7.21. The monoisotopic (exact) mass is 431 g/mol. The summed E-state index contributed by atoms with van der Waals surface area (Å²) in [6, 6.07) is 16.4. The summed E-state index contributed by atoms with van der Waals surface area (Å²) in [5, 5.41) is 12.9. The zero-order chi connectivity index (χ0) is 21.5. The molecule has 4 aromatic rings. The first-order valence-electron chi connectivity index (χ1n) is 9.68. The number of hydrogen-bond donors (Lipinski definition) is 2. The smallest absolute Gasteiger partial charge is 0.348 e. The lowest BCUT2D eigenvalue weighted by atomic mass is 10.1. The van der Waals surface area contributed by atoms with Crippen molar-refractivity contribution in [2.75, 3.05) is 10.2 Å². The van der Waals surface area contributed by atoms with Gasteiger partial charge in [0.15, 0.2) is 0 Å². The largest absolute Gasteiger partial charge is 0.477 e. The van der Waals surface area contributed by atoms with Crippen LogP contribution in [0.2, 0.25) is 0 Å². The number of para-hydroxylation sites is 1. The summed E-state index contributed by atoms with van der Waals surface area (Å²) in [7, 11) is 0. The normalized spacial score (nSPS) is 12.7. The van der Waals surface area contributed by atoms with Gasteiger partial charge in [0.25, 0.3) is 0 Å². The number of carboxylic acid groups (broad SMARTS) is 1. The standard InChI is InChI=1S/C23H17N3O4S/c1-2-13-12-15(30-14-6-4-3-5-7-14)8-9-16(13)26-17-10-11-24-21-18(17)19(25-23(26)29)20(31-21)22(27)28/h3-12H,2H2,1H3,(H,25,29)(H,27,28). The summed E-state index contributed by atoms with van der Waals surface area (Å²) in [4.78, 5) is 31.2. The molecule has 5 rings (SSSR count). The summed E-state index contributed by atoms with van der Waals surface area (Å²) in [6.07, 6.45) is 2.27. The van der Waals surface area contributed by atoms with Crippen LogP contribution in [0.25, 0.3) is 10.2 Å². The molecule has 1 aliphatic rings. The van der Waals surface area contributed by atoms with Gasteiger partial charge in [0, 0.05) is 6.20 Å². The van der Waals surface area contributed by atoms with Gasteiger partial charge in [-0.25, -0.2) is 14.6 Å². The third kappa shape index (κ3) is 3.17. The quantitative estimate of drug-likeness (QED) is 0.402. The number of carboxylic acids is 1. The number of carbonyl (C=O) groups excluding carboxylic acids is 1. The van der Waals surface area contributed by atoms with Crippen molar-refractivity contribution in [3.63, 3.8) is 0 Å². The molecular weight excluding hydrogens is 414 g/mol. The van der Waals surface area contributed by atoms with Crippen LogP contribution in [0.5, 0.6) is 11.5 Å². The number of benzene rings is 2. The van der Waals surface area contributed by atoms with Crippen LogP contribution in [0, 0.1) is 0 Å². The lowest BCUT2D eigenvalue weighted by Crippen LogP contribution is -2.34. The highest BCUT2D eigenvalue weighted by atomic mass is 32.1. The van der Waals surface area contributed by atoms with Crippen molar-refractivity contribution in [3.05, 3.63) is 71.2 Å². The first-order valence-corrected chi connectivity index (χ1v) is 10.5. The molecule has 2 N–H and O–H groups in total. The Hall–Kier alpha value is -3.91. The summed E-state index contributed by atoms with van der Waals surface area (Å²) in [6.45, 7) is 2.01. The minimum absolute atomic E-state index is 0.0743. The topological polar surface area (TPSA) is 91.8 Å². The van der Waals surface area contributed by atoms with Crippen molar-refractivity contribution in [1.29, 1.82) is 0 Å². The molecule has 154 valence electrons. The number of rotatable bonds is 5. The number of aromatic nitrogens is 1. The summed E-state index contributed by atoms with van der Waals surface area (Å²) >= 11 is 1.05. The molecule has 3 heterocycles. The van der Waals surface area contributed by atoms with Gasteiger partial charge < -0.3 is 15.2 Å². The molecule has 0 fully saturated rings. The van der Waals surface area contributed by atoms with Crippen LogP contribution in [0.15, 0.2) is 60.8 Å². The Kier molecular flexibility index (Phi) is 4.56. The second kappa shape index (κ2) is 7.41. The van der Waals surface area contributed by atoms with Gasteiger partial charge in [0.05, 0.1) is 22.4 Å². The number of thiophene rings is 1. The molecule has 7 nitrogen and oxygen atoms in total. The lowest BCUT2D eigenvalue weighted by Gasteiger charge is -2.30. The summed E-state index contributed by atoms with van der Waals surface area (Å²) < 4.78 is 5.94. The van der Waals surface area contributed by atoms with Crippen LogP contribution >= 0.6 is 11.3 Å². The maximum atomic E-state index is 13.1. The van der Waals surface area contributed by atoms with E-state index >= 15 is 0 Å². The Morgan fingerprint density at radius 3 is 2.68 bits per heavy atom. The fourth-order valence-corrected chi connectivity index (χ4v) is 4.68. The second-order valence-corrected chi connectivity index (χ2v) is 7.95. The Morgan fingerprint density at radius 1 is 1.13 bits per heavy atom. The minimum atomic E-state index is -1.09. The number of aryl methyl sites for hydroxylation is 1. The zero-order valence-electron chi connectivity index (χ0n) is 16.5. The van der Waals surface area contributed by atoms with Crippen molar-refractivity contribution in [3.8, 4) is 11.5 Å². The maximum Gasteiger partial charge on any atom is 0.348 e. The Morgan fingerprint density at radius 2 is 1.94 bits per heavy atom. The average molecular weight is 431 g/mol. The number of urea groups is 1. The first kappa shape index (κ1) is 19.1. The number of aromatic carboxylic acids is 1. The van der Waals surface area contributed by atoms with E-state index in [9.17, 15) is 14.7 Å². The van der Waals surface area contributed by atoms with Crippen LogP contribution in [-0.2, 0) is 6.42 Å². The molecule has 0 bridgehead atoms. The van der Waals surface area contributed by atoms with Crippen LogP contribution in [0.4, 0.5) is 21.9 Å². The van der Waals surface area contributed by atoms with Crippen LogP contribution < -0.4 is 15.0 Å². The van der Waals surface area contributed by atoms with E-state index in [0.29, 0.717) is 39.4 Å². The maximum absolute atomic E-state index is 13.1. The first-order chi connectivity index (χ1) is 15.1. The number of nitrogens with zero attached hydrogens (tertiary/aromatic N) is 2. The number of ether oxygens (including phenoxy) is 1. The summed E-state index contributed by atoms with van der Waals surface area (Å²) in [5.74, 6) is 0.316. The molecule has 0 aliphatic carbocycles. The van der Waals surface area contributed by atoms with E-state index in [1.54, 1.807) is 17.2 Å². The lowest BCUT2D eigenvalue weighted by molar-refractivity contribution is 0.0703. The number of hydrogen-bond acceptors (Lipinski definition) is 5. The van der Waals surface area contributed by atoms with E-state index in [4.69, 9.17) is 4.74 Å². The highest BCUT2D eigenvalue weighted by Gasteiger charge is 2.33. The Balaban J connectivity index is 1.61. The molecule has 0 saturated carbocycles. The highest BCUT2D eigenvalue weighted by Crippen LogP contribution is 2.46. The third-order valence-electron chi connectivity index (χ3n) is 5.09. The SMILES string of the molecule is CCc1cc(Oc2ccccc2)ccc1N1C(=O)Nc2c(C(=O)O)sc3nccc1c23. The minimum Gasteiger partial charge on any atom is -0.477 e. The Bertz CT molecular complexity index is 1330. The number of pyridine rings is 1. The molecule has 2 aromatic heterocycles. The number of nitrogens with one attached hydrogen (secondary N) is 1. The molecule has 8 heteroatoms. The predicted molar refractivity (Wildman–Crippen MR) is 120 cm³/mol. The van der Waals surface area contributed by atoms with Crippen molar-refractivity contribution in [2.45, 2.75) is 13.3 Å². The molecule has 0 unspecified atom stereocenters. The van der Waals surface area contributed by atoms with Crippen molar-refractivity contribution in [2.24, 2.45) is 0 Å². The summed E-state index contributed by atoms with van der Waals surface area (Å²) in [5.41, 5.74) is 2.55. The van der Waals surface area contributed by atoms with E-state index in [1.165, 1.54) is 0 Å². The van der Waals surface area contributed by atoms with E-state index in [1.807, 2.05) is 55.5 Å². The van der Waals surface area contributed by atoms with Crippen LogP contribution in [-0.4, -0.2) is 22.1 Å². The number of amides is 2. The predicted octanol–water partition coefficient (Wildman–Crippen LogP) is 6.03. The number of carbonyl (C=O) groups is 2. The molecule has 31 heavy (non-hydrogen) atoms. The molecule has 0 atom stereocenters. The molecular formula is C23H17N3O4S. The van der Waals surface area contributed by atoms with Gasteiger partial charge in [-0.1, -0.05) is 25.1 Å². The van der Waals surface area contributed by atoms with Gasteiger partial charge in [-0.3, -0.25) is 4.90 Å². The van der Waals surface area contributed by atoms with Gasteiger partial charge in [0.2, 0.25) is 0 Å². The Labute approximate surface area is 181 Å². The van der Waals surface area contributed by atoms with Crippen LogP contribution in [0.1, 0.15) is 22.2 Å². The average Bonchev–Trinajstić information content (AvgIpc) is 3.15. The third-order valence-corrected chi connectivity index (χ3v) is 6.18. The fraction of sp³-hybridized carbons (Fsp3) is 0.0870. The number of anilines is 3. The van der Waals surface area contributed by atoms with Gasteiger partial charge in [-0.05, 0) is 48.4 Å². The van der Waals surface area contributed by atoms with Gasteiger partial charge in [-0.2, -0.15) is 0 Å². The van der Waals surface area contributed by atoms with E-state index < -0.39 is 12.0 Å². The molecule has 0 radical (unpaired) electrons. The van der Waals surface area contributed by atoms with Crippen molar-refractivity contribution >= 4 is 50.6 Å². The molecule has 0 spiro atoms. The zero-order valence-corrected chi connectivity index (χ0v) is 17.3. The van der Waals surface area contributed by atoms with Gasteiger partial charge in [-0.15, -0.1) is 11.3 Å². The van der Waals surface area contributed by atoms with E-state index in [0.717, 1.165) is 22.6 Å². The molecule has 2 aromatic carbocycles. The van der Waals surface area contributed by atoms with Crippen molar-refractivity contribution in [1.82, 2.24) is 4.98 Å². The fourth-order valence-electron chi connectivity index (χ4n) is 3.73. The van der Waals surface area contributed by atoms with Gasteiger partial charge >= 0.3 is 12.0 Å².